The number of rotatable bonds is 5. The van der Waals surface area contributed by atoms with Crippen molar-refractivity contribution in [1.29, 1.82) is 0 Å². The molecule has 0 radical (unpaired) electrons. The lowest BCUT2D eigenvalue weighted by Gasteiger charge is -2.07. The number of para-hydroxylation sites is 1. The molecule has 0 saturated carbocycles. The van der Waals surface area contributed by atoms with Gasteiger partial charge in [-0.2, -0.15) is 0 Å². The number of hydrogen-bond acceptors (Lipinski definition) is 3. The Kier molecular flexibility index (Phi) is 4.72. The van der Waals surface area contributed by atoms with Gasteiger partial charge in [0, 0.05) is 24.2 Å². The molecule has 2 nitrogen and oxygen atoms in total. The standard InChI is InChI=1S/C10H16N2S/c1-3-8-12-13-10-7-5-4-6-9(10)11-2/h4-7,11-12H,3,8H2,1-2H3. The molecule has 0 amide bonds. The molecule has 1 aromatic rings. The highest BCUT2D eigenvalue weighted by Gasteiger charge is 1.98. The normalized spacial score (nSPS) is 10.0. The van der Waals surface area contributed by atoms with Crippen LogP contribution in [0.25, 0.3) is 0 Å². The zero-order valence-electron chi connectivity index (χ0n) is 8.13. The maximum Gasteiger partial charge on any atom is 0.0489 e. The molecule has 0 spiro atoms. The van der Waals surface area contributed by atoms with Gasteiger partial charge in [-0.05, 0) is 30.5 Å². The highest BCUT2D eigenvalue weighted by molar-refractivity contribution is 7.97. The molecule has 72 valence electrons. The molecule has 2 N–H and O–H groups in total. The second-order valence-corrected chi connectivity index (χ2v) is 3.68. The Morgan fingerprint density at radius 1 is 1.31 bits per heavy atom. The van der Waals surface area contributed by atoms with Crippen molar-refractivity contribution in [3.05, 3.63) is 24.3 Å². The minimum atomic E-state index is 1.04. The Bertz CT molecular complexity index is 250. The van der Waals surface area contributed by atoms with Crippen LogP contribution in [0.1, 0.15) is 13.3 Å². The van der Waals surface area contributed by atoms with Crippen LogP contribution >= 0.6 is 11.9 Å². The van der Waals surface area contributed by atoms with Gasteiger partial charge in [-0.15, -0.1) is 0 Å². The molecule has 0 aliphatic heterocycles. The Morgan fingerprint density at radius 3 is 2.77 bits per heavy atom. The summed E-state index contributed by atoms with van der Waals surface area (Å²) in [6.07, 6.45) is 1.16. The maximum absolute atomic E-state index is 3.30. The molecule has 0 bridgehead atoms. The molecule has 0 aliphatic carbocycles. The summed E-state index contributed by atoms with van der Waals surface area (Å²) in [5, 5.41) is 3.16. The summed E-state index contributed by atoms with van der Waals surface area (Å²) in [4.78, 5) is 1.25. The van der Waals surface area contributed by atoms with Crippen molar-refractivity contribution in [3.8, 4) is 0 Å². The van der Waals surface area contributed by atoms with Crippen LogP contribution in [0.15, 0.2) is 29.2 Å². The molecule has 0 heterocycles. The van der Waals surface area contributed by atoms with E-state index in [1.54, 1.807) is 11.9 Å². The fraction of sp³-hybridized carbons (Fsp3) is 0.400. The molecule has 3 heteroatoms. The molecule has 0 aromatic heterocycles. The Morgan fingerprint density at radius 2 is 2.08 bits per heavy atom. The third-order valence-electron chi connectivity index (χ3n) is 1.69. The molecule has 0 aliphatic rings. The fourth-order valence-electron chi connectivity index (χ4n) is 0.993. The molecule has 0 atom stereocenters. The van der Waals surface area contributed by atoms with E-state index in [4.69, 9.17) is 0 Å². The summed E-state index contributed by atoms with van der Waals surface area (Å²) in [5.74, 6) is 0. The van der Waals surface area contributed by atoms with E-state index in [2.05, 4.69) is 35.2 Å². The van der Waals surface area contributed by atoms with Crippen molar-refractivity contribution in [2.24, 2.45) is 0 Å². The van der Waals surface area contributed by atoms with Gasteiger partial charge < -0.3 is 5.32 Å². The van der Waals surface area contributed by atoms with E-state index in [0.717, 1.165) is 13.0 Å². The number of hydrogen-bond donors (Lipinski definition) is 2. The van der Waals surface area contributed by atoms with E-state index < -0.39 is 0 Å². The summed E-state index contributed by atoms with van der Waals surface area (Å²) in [6.45, 7) is 3.21. The van der Waals surface area contributed by atoms with Crippen LogP contribution < -0.4 is 10.0 Å². The Balaban J connectivity index is 2.54. The first-order chi connectivity index (χ1) is 6.38. The SMILES string of the molecule is CCCNSc1ccccc1NC. The molecule has 0 fully saturated rings. The molecule has 1 aromatic carbocycles. The Hall–Kier alpha value is -0.670. The van der Waals surface area contributed by atoms with Gasteiger partial charge in [-0.25, -0.2) is 0 Å². The van der Waals surface area contributed by atoms with Crippen LogP contribution in [-0.2, 0) is 0 Å². The van der Waals surface area contributed by atoms with E-state index in [9.17, 15) is 0 Å². The zero-order valence-corrected chi connectivity index (χ0v) is 8.95. The van der Waals surface area contributed by atoms with Gasteiger partial charge in [0.15, 0.2) is 0 Å². The van der Waals surface area contributed by atoms with Crippen molar-refractivity contribution in [2.45, 2.75) is 18.2 Å². The van der Waals surface area contributed by atoms with E-state index >= 15 is 0 Å². The quantitative estimate of drug-likeness (QED) is 0.559. The van der Waals surface area contributed by atoms with Gasteiger partial charge in [0.2, 0.25) is 0 Å². The van der Waals surface area contributed by atoms with Crippen LogP contribution in [-0.4, -0.2) is 13.6 Å². The van der Waals surface area contributed by atoms with Crippen LogP contribution in [0.4, 0.5) is 5.69 Å². The smallest absolute Gasteiger partial charge is 0.0489 e. The van der Waals surface area contributed by atoms with Gasteiger partial charge in [0.25, 0.3) is 0 Å². The third kappa shape index (κ3) is 3.28. The summed E-state index contributed by atoms with van der Waals surface area (Å²) in [7, 11) is 1.94. The van der Waals surface area contributed by atoms with Gasteiger partial charge in [-0.3, -0.25) is 4.72 Å². The molecule has 0 saturated heterocycles. The summed E-state index contributed by atoms with van der Waals surface area (Å²) in [5.41, 5.74) is 1.18. The van der Waals surface area contributed by atoms with Crippen molar-refractivity contribution in [1.82, 2.24) is 4.72 Å². The second kappa shape index (κ2) is 5.89. The Labute approximate surface area is 84.2 Å². The highest BCUT2D eigenvalue weighted by Crippen LogP contribution is 2.23. The minimum absolute atomic E-state index is 1.04. The predicted octanol–water partition coefficient (Wildman–Crippen LogP) is 2.74. The molecule has 0 unspecified atom stereocenters. The van der Waals surface area contributed by atoms with Crippen molar-refractivity contribution >= 4 is 17.6 Å². The lowest BCUT2D eigenvalue weighted by Crippen LogP contribution is -2.04. The monoisotopic (exact) mass is 196 g/mol. The highest BCUT2D eigenvalue weighted by atomic mass is 32.2. The van der Waals surface area contributed by atoms with Crippen molar-refractivity contribution in [2.75, 3.05) is 18.9 Å². The number of anilines is 1. The van der Waals surface area contributed by atoms with Crippen molar-refractivity contribution in [3.63, 3.8) is 0 Å². The molecule has 1 rings (SSSR count). The predicted molar refractivity (Wildman–Crippen MR) is 60.1 cm³/mol. The molecular weight excluding hydrogens is 180 g/mol. The van der Waals surface area contributed by atoms with Crippen molar-refractivity contribution < 1.29 is 0 Å². The fourth-order valence-corrected chi connectivity index (χ4v) is 1.88. The number of nitrogens with one attached hydrogen (secondary N) is 2. The first-order valence-electron chi connectivity index (χ1n) is 4.55. The zero-order chi connectivity index (χ0) is 9.52. The average Bonchev–Trinajstić information content (AvgIpc) is 2.19. The van der Waals surface area contributed by atoms with E-state index in [0.29, 0.717) is 0 Å². The van der Waals surface area contributed by atoms with E-state index in [1.165, 1.54) is 10.6 Å². The van der Waals surface area contributed by atoms with E-state index in [-0.39, 0.29) is 0 Å². The number of benzene rings is 1. The largest absolute Gasteiger partial charge is 0.387 e. The topological polar surface area (TPSA) is 24.1 Å². The molecule has 13 heavy (non-hydrogen) atoms. The third-order valence-corrected chi connectivity index (χ3v) is 2.61. The molecular formula is C10H16N2S. The minimum Gasteiger partial charge on any atom is -0.387 e. The lowest BCUT2D eigenvalue weighted by atomic mass is 10.3. The first kappa shape index (κ1) is 10.4. The summed E-state index contributed by atoms with van der Waals surface area (Å²) >= 11 is 1.68. The van der Waals surface area contributed by atoms with Gasteiger partial charge in [0.1, 0.15) is 0 Å². The van der Waals surface area contributed by atoms with Gasteiger partial charge in [-0.1, -0.05) is 19.1 Å². The van der Waals surface area contributed by atoms with Crippen LogP contribution in [0.5, 0.6) is 0 Å². The van der Waals surface area contributed by atoms with Gasteiger partial charge >= 0.3 is 0 Å². The van der Waals surface area contributed by atoms with Crippen LogP contribution in [0, 0.1) is 0 Å². The summed E-state index contributed by atoms with van der Waals surface area (Å²) < 4.78 is 3.30. The second-order valence-electron chi connectivity index (χ2n) is 2.74. The van der Waals surface area contributed by atoms with E-state index in [1.807, 2.05) is 13.1 Å². The average molecular weight is 196 g/mol. The van der Waals surface area contributed by atoms with Gasteiger partial charge in [0.05, 0.1) is 0 Å². The summed E-state index contributed by atoms with van der Waals surface area (Å²) in [6, 6.07) is 8.28. The first-order valence-corrected chi connectivity index (χ1v) is 5.36. The van der Waals surface area contributed by atoms with Crippen LogP contribution in [0.2, 0.25) is 0 Å². The lowest BCUT2D eigenvalue weighted by molar-refractivity contribution is 0.877. The maximum atomic E-state index is 3.30. The van der Waals surface area contributed by atoms with Crippen LogP contribution in [0.3, 0.4) is 0 Å².